The molecular weight excluding hydrogens is 550 g/mol. The van der Waals surface area contributed by atoms with Crippen molar-refractivity contribution in [2.24, 2.45) is 5.92 Å². The maximum atomic E-state index is 14.4. The number of rotatable bonds is 9. The third-order valence-electron chi connectivity index (χ3n) is 6.04. The number of hydrogen-bond acceptors (Lipinski definition) is 8. The summed E-state index contributed by atoms with van der Waals surface area (Å²) in [6, 6.07) is 3.83. The van der Waals surface area contributed by atoms with Gasteiger partial charge in [0.15, 0.2) is 17.3 Å². The van der Waals surface area contributed by atoms with E-state index < -0.39 is 30.0 Å². The number of alkyl halides is 5. The summed E-state index contributed by atoms with van der Waals surface area (Å²) in [7, 11) is 0. The third kappa shape index (κ3) is 7.56. The van der Waals surface area contributed by atoms with E-state index in [0.717, 1.165) is 23.8 Å². The van der Waals surface area contributed by atoms with E-state index in [9.17, 15) is 31.1 Å². The maximum absolute atomic E-state index is 14.4. The number of piperidine rings is 1. The highest BCUT2D eigenvalue weighted by Crippen LogP contribution is 2.31. The Kier molecular flexibility index (Phi) is 8.90. The summed E-state index contributed by atoms with van der Waals surface area (Å²) in [5, 5.41) is 5.63. The van der Waals surface area contributed by atoms with E-state index in [1.807, 2.05) is 0 Å². The molecule has 3 heterocycles. The lowest BCUT2D eigenvalue weighted by atomic mass is 9.98. The van der Waals surface area contributed by atoms with Crippen molar-refractivity contribution in [1.82, 2.24) is 19.2 Å². The molecule has 2 aromatic heterocycles. The Bertz CT molecular complexity index is 1280. The highest BCUT2D eigenvalue weighted by Gasteiger charge is 2.33. The molecule has 8 nitrogen and oxygen atoms in total. The second-order valence-electron chi connectivity index (χ2n) is 8.93. The van der Waals surface area contributed by atoms with Gasteiger partial charge in [0.05, 0.1) is 36.8 Å². The molecular formula is C24H24F6N6O2S. The van der Waals surface area contributed by atoms with Crippen LogP contribution in [-0.4, -0.2) is 57.8 Å². The van der Waals surface area contributed by atoms with E-state index in [2.05, 4.69) is 25.0 Å². The number of aromatic nitrogens is 3. The predicted octanol–water partition coefficient (Wildman–Crippen LogP) is 5.75. The lowest BCUT2D eigenvalue weighted by Gasteiger charge is -2.31. The number of aryl methyl sites for hydroxylation is 1. The van der Waals surface area contributed by atoms with E-state index in [0.29, 0.717) is 37.8 Å². The topological polar surface area (TPSA) is 92.3 Å². The zero-order chi connectivity index (χ0) is 28.2. The Balaban J connectivity index is 1.38. The van der Waals surface area contributed by atoms with Crippen molar-refractivity contribution in [2.75, 3.05) is 36.9 Å². The monoisotopic (exact) mass is 574 g/mol. The summed E-state index contributed by atoms with van der Waals surface area (Å²) in [4.78, 5) is 21.7. The fourth-order valence-electron chi connectivity index (χ4n) is 4.00. The fourth-order valence-corrected chi connectivity index (χ4v) is 4.80. The lowest BCUT2D eigenvalue weighted by molar-refractivity contribution is -0.141. The first kappa shape index (κ1) is 28.5. The van der Waals surface area contributed by atoms with E-state index in [4.69, 9.17) is 4.74 Å². The summed E-state index contributed by atoms with van der Waals surface area (Å²) >= 11 is 0.911. The number of nitrogens with one attached hydrogen (secondary N) is 2. The number of nitrogens with zero attached hydrogens (tertiary/aromatic N) is 4. The zero-order valence-electron chi connectivity index (χ0n) is 20.6. The summed E-state index contributed by atoms with van der Waals surface area (Å²) in [5.41, 5.74) is -0.423. The molecule has 0 atom stereocenters. The number of benzene rings is 1. The van der Waals surface area contributed by atoms with Gasteiger partial charge in [0.2, 0.25) is 0 Å². The maximum Gasteiger partial charge on any atom is 0.434 e. The number of ether oxygens (including phenoxy) is 1. The van der Waals surface area contributed by atoms with Gasteiger partial charge in [-0.1, -0.05) is 0 Å². The van der Waals surface area contributed by atoms with Gasteiger partial charge in [-0.2, -0.15) is 17.5 Å². The molecule has 0 aliphatic carbocycles. The van der Waals surface area contributed by atoms with Crippen molar-refractivity contribution < 1.29 is 35.9 Å². The van der Waals surface area contributed by atoms with Crippen LogP contribution in [-0.2, 0) is 6.18 Å². The van der Waals surface area contributed by atoms with E-state index in [1.54, 1.807) is 11.8 Å². The first-order valence-electron chi connectivity index (χ1n) is 11.9. The lowest BCUT2D eigenvalue weighted by Crippen LogP contribution is -2.38. The van der Waals surface area contributed by atoms with Gasteiger partial charge >= 0.3 is 6.18 Å². The van der Waals surface area contributed by atoms with Gasteiger partial charge in [-0.3, -0.25) is 9.69 Å². The van der Waals surface area contributed by atoms with Gasteiger partial charge in [-0.25, -0.2) is 23.1 Å². The Morgan fingerprint density at radius 1 is 1.21 bits per heavy atom. The average molecular weight is 575 g/mol. The number of hydrogen-bond donors (Lipinski definition) is 2. The van der Waals surface area contributed by atoms with Crippen molar-refractivity contribution in [3.05, 3.63) is 53.4 Å². The van der Waals surface area contributed by atoms with Crippen LogP contribution in [0.15, 0.2) is 30.6 Å². The largest absolute Gasteiger partial charge is 0.490 e. The average Bonchev–Trinajstić information content (AvgIpc) is 3.24. The molecule has 1 aromatic carbocycles. The highest BCUT2D eigenvalue weighted by molar-refractivity contribution is 7.10. The molecule has 1 amide bonds. The smallest absolute Gasteiger partial charge is 0.434 e. The van der Waals surface area contributed by atoms with Crippen LogP contribution in [0.1, 0.15) is 34.6 Å². The molecule has 1 saturated heterocycles. The molecule has 1 fully saturated rings. The minimum Gasteiger partial charge on any atom is -0.490 e. The van der Waals surface area contributed by atoms with Crippen LogP contribution in [0.25, 0.3) is 0 Å². The second kappa shape index (κ2) is 12.2. The van der Waals surface area contributed by atoms with Crippen molar-refractivity contribution >= 4 is 33.9 Å². The quantitative estimate of drug-likeness (QED) is 0.315. The summed E-state index contributed by atoms with van der Waals surface area (Å²) in [6.45, 7) is 2.55. The van der Waals surface area contributed by atoms with Crippen molar-refractivity contribution in [1.29, 1.82) is 0 Å². The van der Waals surface area contributed by atoms with E-state index in [1.165, 1.54) is 12.1 Å². The van der Waals surface area contributed by atoms with E-state index >= 15 is 0 Å². The number of anilines is 3. The van der Waals surface area contributed by atoms with Gasteiger partial charge in [0.1, 0.15) is 10.8 Å². The summed E-state index contributed by atoms with van der Waals surface area (Å²) in [6.07, 6.45) is -4.26. The van der Waals surface area contributed by atoms with Gasteiger partial charge in [-0.05, 0) is 62.4 Å². The van der Waals surface area contributed by atoms with Gasteiger partial charge in [-0.15, -0.1) is 0 Å². The Morgan fingerprint density at radius 2 is 1.95 bits per heavy atom. The Labute approximate surface area is 223 Å². The molecule has 3 aromatic rings. The van der Waals surface area contributed by atoms with Gasteiger partial charge in [0.25, 0.3) is 12.3 Å². The third-order valence-corrected chi connectivity index (χ3v) is 6.89. The van der Waals surface area contributed by atoms with Crippen LogP contribution in [0.3, 0.4) is 0 Å². The summed E-state index contributed by atoms with van der Waals surface area (Å²) in [5.74, 6) is -1.22. The number of likely N-dealkylation sites (tertiary alicyclic amines) is 1. The van der Waals surface area contributed by atoms with Gasteiger partial charge < -0.3 is 15.4 Å². The van der Waals surface area contributed by atoms with Crippen LogP contribution >= 0.6 is 11.5 Å². The normalized spacial score (nSPS) is 15.0. The molecule has 1 aliphatic rings. The van der Waals surface area contributed by atoms with Gasteiger partial charge in [0, 0.05) is 11.8 Å². The van der Waals surface area contributed by atoms with Crippen LogP contribution < -0.4 is 15.4 Å². The molecule has 210 valence electrons. The molecule has 4 rings (SSSR count). The van der Waals surface area contributed by atoms with Crippen LogP contribution in [0, 0.1) is 18.7 Å². The highest BCUT2D eigenvalue weighted by atomic mass is 32.1. The van der Waals surface area contributed by atoms with Crippen LogP contribution in [0.4, 0.5) is 42.8 Å². The molecule has 0 spiro atoms. The molecule has 1 aliphatic heterocycles. The van der Waals surface area contributed by atoms with Crippen molar-refractivity contribution in [2.45, 2.75) is 32.4 Å². The first-order valence-corrected chi connectivity index (χ1v) is 12.6. The van der Waals surface area contributed by atoms with Crippen molar-refractivity contribution in [3.8, 4) is 5.75 Å². The van der Waals surface area contributed by atoms with Crippen molar-refractivity contribution in [3.63, 3.8) is 0 Å². The molecule has 0 unspecified atom stereocenters. The molecule has 15 heteroatoms. The standard InChI is InChI=1S/C24H24F6N6O2S/c1-13-21(23(39-35-13)34-20-10-31-18(9-32-20)24(28,29)30)22(37)33-15-2-3-16(25)17(8-15)38-12-14-4-6-36(7-5-14)11-19(26)27/h2-3,8-10,14,19H,4-7,11-12H2,1H3,(H,32,34)(H,33,37). The Hall–Kier alpha value is -3.46. The SMILES string of the molecule is Cc1nsc(Nc2cnc(C(F)(F)F)cn2)c1C(=O)Nc1ccc(F)c(OCC2CCN(CC(F)F)CC2)c1. The van der Waals surface area contributed by atoms with E-state index in [-0.39, 0.29) is 46.9 Å². The number of amides is 1. The minimum absolute atomic E-state index is 0.0155. The van der Waals surface area contributed by atoms with Crippen LogP contribution in [0.2, 0.25) is 0 Å². The summed E-state index contributed by atoms with van der Waals surface area (Å²) < 4.78 is 87.5. The molecule has 0 bridgehead atoms. The molecule has 39 heavy (non-hydrogen) atoms. The number of carbonyl (C=O) groups excluding carboxylic acids is 1. The Morgan fingerprint density at radius 3 is 2.59 bits per heavy atom. The first-order chi connectivity index (χ1) is 18.5. The van der Waals surface area contributed by atoms with Crippen LogP contribution in [0.5, 0.6) is 5.75 Å². The predicted molar refractivity (Wildman–Crippen MR) is 132 cm³/mol. The molecule has 2 N–H and O–H groups in total. The molecule has 0 saturated carbocycles. The second-order valence-corrected chi connectivity index (χ2v) is 9.70. The minimum atomic E-state index is -4.64. The number of halogens is 6. The zero-order valence-corrected chi connectivity index (χ0v) is 21.4. The molecule has 0 radical (unpaired) electrons. The number of carbonyl (C=O) groups is 1. The fraction of sp³-hybridized carbons (Fsp3) is 0.417.